The molecule has 2 rings (SSSR count). The quantitative estimate of drug-likeness (QED) is 0.885. The van der Waals surface area contributed by atoms with Gasteiger partial charge in [-0.15, -0.1) is 0 Å². The number of benzene rings is 1. The minimum absolute atomic E-state index is 0.00394. The molecule has 1 aromatic heterocycles. The summed E-state index contributed by atoms with van der Waals surface area (Å²) in [4.78, 5) is 3.87. The van der Waals surface area contributed by atoms with Crippen molar-refractivity contribution in [3.05, 3.63) is 47.0 Å². The Labute approximate surface area is 110 Å². The van der Waals surface area contributed by atoms with Crippen LogP contribution in [0, 0.1) is 25.5 Å². The molecule has 0 unspecified atom stereocenters. The van der Waals surface area contributed by atoms with Crippen LogP contribution >= 0.6 is 0 Å². The van der Waals surface area contributed by atoms with Gasteiger partial charge in [0.05, 0.1) is 0 Å². The molecule has 1 heterocycles. The van der Waals surface area contributed by atoms with Gasteiger partial charge in [-0.1, -0.05) is 6.07 Å². The summed E-state index contributed by atoms with van der Waals surface area (Å²) in [6.45, 7) is 3.90. The van der Waals surface area contributed by atoms with Gasteiger partial charge in [0.2, 0.25) is 0 Å². The highest BCUT2D eigenvalue weighted by Gasteiger charge is 2.11. The van der Waals surface area contributed by atoms with Crippen LogP contribution in [0.4, 0.5) is 26.1 Å². The van der Waals surface area contributed by atoms with Crippen molar-refractivity contribution in [3.8, 4) is 0 Å². The first-order valence-corrected chi connectivity index (χ1v) is 5.88. The van der Waals surface area contributed by atoms with Gasteiger partial charge in [0.1, 0.15) is 0 Å². The Hall–Kier alpha value is -2.17. The minimum Gasteiger partial charge on any atom is -0.371 e. The normalized spacial score (nSPS) is 10.4. The molecule has 0 fully saturated rings. The summed E-state index contributed by atoms with van der Waals surface area (Å²) in [5.41, 5.74) is 2.83. The maximum atomic E-state index is 13.7. The Morgan fingerprint density at radius 2 is 1.47 bits per heavy atom. The van der Waals surface area contributed by atoms with Crippen molar-refractivity contribution in [1.82, 2.24) is 4.98 Å². The van der Waals surface area contributed by atoms with Crippen LogP contribution in [0.5, 0.6) is 0 Å². The Morgan fingerprint density at radius 3 is 2.05 bits per heavy atom. The summed E-state index contributed by atoms with van der Waals surface area (Å²) in [6.07, 6.45) is 0. The van der Waals surface area contributed by atoms with Gasteiger partial charge in [-0.25, -0.2) is 13.8 Å². The number of aromatic nitrogens is 1. The molecule has 19 heavy (non-hydrogen) atoms. The van der Waals surface area contributed by atoms with Crippen molar-refractivity contribution < 1.29 is 8.78 Å². The Bertz CT molecular complexity index is 592. The molecule has 0 aliphatic heterocycles. The number of pyridine rings is 1. The number of anilines is 3. The molecule has 0 aliphatic carbocycles. The average Bonchev–Trinajstić information content (AvgIpc) is 2.31. The SMILES string of the molecule is CNc1nc(Nc2cc(C)cc(C)c2)c(F)cc1F. The molecule has 2 aromatic rings. The van der Waals surface area contributed by atoms with Gasteiger partial charge in [-0.05, 0) is 37.1 Å². The molecule has 0 bridgehead atoms. The molecule has 5 heteroatoms. The largest absolute Gasteiger partial charge is 0.371 e. The van der Waals surface area contributed by atoms with Gasteiger partial charge in [-0.2, -0.15) is 0 Å². The fourth-order valence-corrected chi connectivity index (χ4v) is 1.91. The third-order valence-electron chi connectivity index (χ3n) is 2.65. The van der Waals surface area contributed by atoms with Crippen LogP contribution in [0.1, 0.15) is 11.1 Å². The monoisotopic (exact) mass is 263 g/mol. The lowest BCUT2D eigenvalue weighted by Crippen LogP contribution is -2.03. The molecule has 0 aliphatic rings. The second kappa shape index (κ2) is 5.22. The summed E-state index contributed by atoms with van der Waals surface area (Å²) < 4.78 is 27.0. The molecule has 100 valence electrons. The molecule has 0 saturated heterocycles. The van der Waals surface area contributed by atoms with Crippen LogP contribution in [-0.4, -0.2) is 12.0 Å². The van der Waals surface area contributed by atoms with Crippen molar-refractivity contribution in [2.24, 2.45) is 0 Å². The number of hydrogen-bond acceptors (Lipinski definition) is 3. The second-order valence-electron chi connectivity index (χ2n) is 4.40. The van der Waals surface area contributed by atoms with Gasteiger partial charge in [0.15, 0.2) is 23.3 Å². The highest BCUT2D eigenvalue weighted by Crippen LogP contribution is 2.23. The van der Waals surface area contributed by atoms with E-state index < -0.39 is 11.6 Å². The van der Waals surface area contributed by atoms with Gasteiger partial charge >= 0.3 is 0 Å². The molecular weight excluding hydrogens is 248 g/mol. The predicted octanol–water partition coefficient (Wildman–Crippen LogP) is 3.76. The summed E-state index contributed by atoms with van der Waals surface area (Å²) in [5, 5.41) is 5.44. The summed E-state index contributed by atoms with van der Waals surface area (Å²) >= 11 is 0. The molecular formula is C14H15F2N3. The van der Waals surface area contributed by atoms with Gasteiger partial charge in [0.25, 0.3) is 0 Å². The summed E-state index contributed by atoms with van der Waals surface area (Å²) in [5.74, 6) is -1.44. The number of nitrogens with zero attached hydrogens (tertiary/aromatic N) is 1. The lowest BCUT2D eigenvalue weighted by Gasteiger charge is -2.10. The van der Waals surface area contributed by atoms with E-state index in [1.807, 2.05) is 32.0 Å². The maximum absolute atomic E-state index is 13.7. The first-order valence-electron chi connectivity index (χ1n) is 5.88. The van der Waals surface area contributed by atoms with Gasteiger partial charge in [0, 0.05) is 18.8 Å². The summed E-state index contributed by atoms with van der Waals surface area (Å²) in [6, 6.07) is 6.57. The molecule has 2 N–H and O–H groups in total. The van der Waals surface area contributed by atoms with E-state index in [0.717, 1.165) is 22.9 Å². The van der Waals surface area contributed by atoms with E-state index in [4.69, 9.17) is 0 Å². The fourth-order valence-electron chi connectivity index (χ4n) is 1.91. The molecule has 3 nitrogen and oxygen atoms in total. The first-order chi connectivity index (χ1) is 8.99. The molecule has 1 aromatic carbocycles. The lowest BCUT2D eigenvalue weighted by atomic mass is 10.1. The van der Waals surface area contributed by atoms with E-state index in [0.29, 0.717) is 0 Å². The number of hydrogen-bond donors (Lipinski definition) is 2. The molecule has 0 spiro atoms. The van der Waals surface area contributed by atoms with Gasteiger partial charge in [-0.3, -0.25) is 0 Å². The van der Waals surface area contributed by atoms with Crippen LogP contribution in [0.25, 0.3) is 0 Å². The van der Waals surface area contributed by atoms with E-state index in [-0.39, 0.29) is 11.6 Å². The zero-order chi connectivity index (χ0) is 14.0. The second-order valence-corrected chi connectivity index (χ2v) is 4.40. The van der Waals surface area contributed by atoms with Crippen molar-refractivity contribution in [1.29, 1.82) is 0 Å². The lowest BCUT2D eigenvalue weighted by molar-refractivity contribution is 0.580. The van der Waals surface area contributed by atoms with Crippen molar-refractivity contribution in [2.75, 3.05) is 17.7 Å². The summed E-state index contributed by atoms with van der Waals surface area (Å²) in [7, 11) is 1.53. The Balaban J connectivity index is 2.37. The van der Waals surface area contributed by atoms with E-state index in [9.17, 15) is 8.78 Å². The topological polar surface area (TPSA) is 37.0 Å². The predicted molar refractivity (Wildman–Crippen MR) is 72.9 cm³/mol. The zero-order valence-corrected chi connectivity index (χ0v) is 11.0. The van der Waals surface area contributed by atoms with Crippen LogP contribution in [0.3, 0.4) is 0 Å². The van der Waals surface area contributed by atoms with Crippen molar-refractivity contribution >= 4 is 17.3 Å². The highest BCUT2D eigenvalue weighted by atomic mass is 19.1. The van der Waals surface area contributed by atoms with Gasteiger partial charge < -0.3 is 10.6 Å². The molecule has 0 atom stereocenters. The third kappa shape index (κ3) is 2.99. The minimum atomic E-state index is -0.726. The van der Waals surface area contributed by atoms with Crippen molar-refractivity contribution in [2.45, 2.75) is 13.8 Å². The molecule has 0 radical (unpaired) electrons. The number of rotatable bonds is 3. The number of halogens is 2. The Morgan fingerprint density at radius 1 is 0.895 bits per heavy atom. The third-order valence-corrected chi connectivity index (χ3v) is 2.65. The maximum Gasteiger partial charge on any atom is 0.169 e. The van der Waals surface area contributed by atoms with Crippen LogP contribution in [0.2, 0.25) is 0 Å². The van der Waals surface area contributed by atoms with Crippen LogP contribution in [-0.2, 0) is 0 Å². The zero-order valence-electron chi connectivity index (χ0n) is 11.0. The first kappa shape index (κ1) is 13.3. The van der Waals surface area contributed by atoms with Crippen LogP contribution in [0.15, 0.2) is 24.3 Å². The average molecular weight is 263 g/mol. The fraction of sp³-hybridized carbons (Fsp3) is 0.214. The highest BCUT2D eigenvalue weighted by molar-refractivity contribution is 5.60. The van der Waals surface area contributed by atoms with E-state index in [1.165, 1.54) is 7.05 Å². The van der Waals surface area contributed by atoms with Crippen molar-refractivity contribution in [3.63, 3.8) is 0 Å². The smallest absolute Gasteiger partial charge is 0.169 e. The Kier molecular flexibility index (Phi) is 3.64. The van der Waals surface area contributed by atoms with E-state index >= 15 is 0 Å². The molecule has 0 amide bonds. The standard InChI is InChI=1S/C14H15F2N3/c1-8-4-9(2)6-10(5-8)18-14-12(16)7-11(15)13(17-3)19-14/h4-7H,1-3H3,(H2,17,18,19). The van der Waals surface area contributed by atoms with E-state index in [1.54, 1.807) is 0 Å². The van der Waals surface area contributed by atoms with E-state index in [2.05, 4.69) is 15.6 Å². The molecule has 0 saturated carbocycles. The number of aryl methyl sites for hydroxylation is 2. The number of nitrogens with one attached hydrogen (secondary N) is 2. The van der Waals surface area contributed by atoms with Crippen LogP contribution < -0.4 is 10.6 Å².